The minimum Gasteiger partial charge on any atom is -0.296 e. The number of sulfone groups is 1. The molecule has 1 heterocycles. The van der Waals surface area contributed by atoms with Crippen LogP contribution in [0, 0.1) is 19.7 Å². The van der Waals surface area contributed by atoms with E-state index in [1.54, 1.807) is 18.2 Å². The van der Waals surface area contributed by atoms with Gasteiger partial charge in [-0.3, -0.25) is 10.1 Å². The molecule has 0 aliphatic heterocycles. The smallest absolute Gasteiger partial charge is 0.257 e. The van der Waals surface area contributed by atoms with Gasteiger partial charge in [-0.2, -0.15) is 0 Å². The molecule has 0 fully saturated rings. The Balaban J connectivity index is 1.63. The summed E-state index contributed by atoms with van der Waals surface area (Å²) in [5.41, 5.74) is 2.24. The fourth-order valence-electron chi connectivity index (χ4n) is 2.42. The predicted octanol–water partition coefficient (Wildman–Crippen LogP) is 3.56. The van der Waals surface area contributed by atoms with E-state index in [1.165, 1.54) is 24.3 Å². The van der Waals surface area contributed by atoms with Crippen molar-refractivity contribution in [1.29, 1.82) is 0 Å². The Bertz CT molecular complexity index is 1110. The second kappa shape index (κ2) is 8.15. The van der Waals surface area contributed by atoms with Gasteiger partial charge in [-0.1, -0.05) is 17.4 Å². The number of nitrogens with zero attached hydrogens (tertiary/aromatic N) is 2. The molecule has 0 unspecified atom stereocenters. The van der Waals surface area contributed by atoms with Crippen molar-refractivity contribution in [2.24, 2.45) is 0 Å². The van der Waals surface area contributed by atoms with Crippen LogP contribution in [0.1, 0.15) is 26.5 Å². The first-order valence-corrected chi connectivity index (χ1v) is 10.9. The van der Waals surface area contributed by atoms with Crippen LogP contribution < -0.4 is 5.32 Å². The summed E-state index contributed by atoms with van der Waals surface area (Å²) >= 11 is 1.11. The summed E-state index contributed by atoms with van der Waals surface area (Å²) in [6.07, 6.45) is 0.194. The average molecular weight is 420 g/mol. The first-order valence-electron chi connectivity index (χ1n) is 8.44. The highest BCUT2D eigenvalue weighted by Crippen LogP contribution is 2.20. The van der Waals surface area contributed by atoms with Crippen LogP contribution in [0.2, 0.25) is 0 Å². The summed E-state index contributed by atoms with van der Waals surface area (Å²) in [4.78, 5) is 12.4. The molecule has 0 aliphatic rings. The standard InChI is InChI=1S/C19H18FN3O3S2/c1-12-3-8-16(11-13(12)2)28(25,26)10-9-17-22-23-19(27-17)21-18(24)14-4-6-15(20)7-5-14/h3-8,11H,9-10H2,1-2H3,(H,21,23,24). The second-order valence-electron chi connectivity index (χ2n) is 6.28. The number of carbonyl (C=O) groups is 1. The number of nitrogens with one attached hydrogen (secondary N) is 1. The van der Waals surface area contributed by atoms with E-state index in [2.05, 4.69) is 15.5 Å². The SMILES string of the molecule is Cc1ccc(S(=O)(=O)CCc2nnc(NC(=O)c3ccc(F)cc3)s2)cc1C. The number of amides is 1. The molecule has 1 aromatic heterocycles. The van der Waals surface area contributed by atoms with Crippen LogP contribution in [-0.2, 0) is 16.3 Å². The van der Waals surface area contributed by atoms with Gasteiger partial charge in [0.1, 0.15) is 10.8 Å². The summed E-state index contributed by atoms with van der Waals surface area (Å²) in [5, 5.41) is 11.1. The van der Waals surface area contributed by atoms with Crippen LogP contribution in [0.25, 0.3) is 0 Å². The topological polar surface area (TPSA) is 89.0 Å². The molecule has 9 heteroatoms. The molecule has 28 heavy (non-hydrogen) atoms. The Morgan fingerprint density at radius 2 is 1.79 bits per heavy atom. The van der Waals surface area contributed by atoms with Crippen molar-refractivity contribution < 1.29 is 17.6 Å². The van der Waals surface area contributed by atoms with E-state index in [9.17, 15) is 17.6 Å². The van der Waals surface area contributed by atoms with Crippen LogP contribution in [0.15, 0.2) is 47.4 Å². The lowest BCUT2D eigenvalue weighted by molar-refractivity contribution is 0.102. The zero-order chi connectivity index (χ0) is 20.3. The monoisotopic (exact) mass is 419 g/mol. The Morgan fingerprint density at radius 3 is 2.46 bits per heavy atom. The van der Waals surface area contributed by atoms with Gasteiger partial charge in [0.2, 0.25) is 5.13 Å². The summed E-state index contributed by atoms with van der Waals surface area (Å²) in [6.45, 7) is 3.80. The minimum atomic E-state index is -3.44. The van der Waals surface area contributed by atoms with Crippen LogP contribution in [0.4, 0.5) is 9.52 Å². The quantitative estimate of drug-likeness (QED) is 0.660. The van der Waals surface area contributed by atoms with Gasteiger partial charge < -0.3 is 0 Å². The summed E-state index contributed by atoms with van der Waals surface area (Å²) in [6, 6.07) is 10.2. The van der Waals surface area contributed by atoms with E-state index >= 15 is 0 Å². The average Bonchev–Trinajstić information content (AvgIpc) is 3.10. The molecule has 3 aromatic rings. The van der Waals surface area contributed by atoms with E-state index in [1.807, 2.05) is 13.8 Å². The van der Waals surface area contributed by atoms with Crippen molar-refractivity contribution in [2.45, 2.75) is 25.2 Å². The molecular formula is C19H18FN3O3S2. The molecule has 0 aliphatic carbocycles. The van der Waals surface area contributed by atoms with E-state index < -0.39 is 21.6 Å². The third kappa shape index (κ3) is 4.79. The molecule has 0 radical (unpaired) electrons. The van der Waals surface area contributed by atoms with Gasteiger partial charge in [0.15, 0.2) is 9.84 Å². The Hall–Kier alpha value is -2.65. The molecule has 0 bridgehead atoms. The fourth-order valence-corrected chi connectivity index (χ4v) is 4.62. The van der Waals surface area contributed by atoms with Crippen LogP contribution >= 0.6 is 11.3 Å². The lowest BCUT2D eigenvalue weighted by Crippen LogP contribution is -2.11. The minimum absolute atomic E-state index is 0.101. The molecule has 1 N–H and O–H groups in total. The molecule has 2 aromatic carbocycles. The van der Waals surface area contributed by atoms with Crippen molar-refractivity contribution in [2.75, 3.05) is 11.1 Å². The van der Waals surface area contributed by atoms with Crippen LogP contribution in [0.5, 0.6) is 0 Å². The van der Waals surface area contributed by atoms with Crippen molar-refractivity contribution in [3.8, 4) is 0 Å². The Labute approximate surface area is 166 Å². The Kier molecular flexibility index (Phi) is 5.85. The maximum atomic E-state index is 12.9. The normalized spacial score (nSPS) is 11.4. The van der Waals surface area contributed by atoms with E-state index in [4.69, 9.17) is 0 Å². The number of aromatic nitrogens is 2. The fraction of sp³-hybridized carbons (Fsp3) is 0.211. The lowest BCUT2D eigenvalue weighted by atomic mass is 10.1. The van der Waals surface area contributed by atoms with Gasteiger partial charge in [-0.15, -0.1) is 10.2 Å². The summed E-state index contributed by atoms with van der Waals surface area (Å²) in [5.74, 6) is -0.971. The van der Waals surface area contributed by atoms with E-state index in [-0.39, 0.29) is 27.8 Å². The number of benzene rings is 2. The van der Waals surface area contributed by atoms with Gasteiger partial charge in [0.25, 0.3) is 5.91 Å². The molecular weight excluding hydrogens is 401 g/mol. The molecule has 6 nitrogen and oxygen atoms in total. The van der Waals surface area contributed by atoms with Gasteiger partial charge in [-0.05, 0) is 61.4 Å². The van der Waals surface area contributed by atoms with E-state index in [0.29, 0.717) is 5.01 Å². The van der Waals surface area contributed by atoms with E-state index in [0.717, 1.165) is 22.5 Å². The molecule has 0 saturated heterocycles. The highest BCUT2D eigenvalue weighted by molar-refractivity contribution is 7.91. The summed E-state index contributed by atoms with van der Waals surface area (Å²) < 4.78 is 38.0. The van der Waals surface area contributed by atoms with Gasteiger partial charge in [-0.25, -0.2) is 12.8 Å². The van der Waals surface area contributed by atoms with Crippen molar-refractivity contribution >= 4 is 32.2 Å². The molecule has 1 amide bonds. The number of halogens is 1. The zero-order valence-electron chi connectivity index (χ0n) is 15.3. The number of aryl methyl sites for hydroxylation is 3. The number of anilines is 1. The zero-order valence-corrected chi connectivity index (χ0v) is 16.9. The third-order valence-electron chi connectivity index (χ3n) is 4.22. The Morgan fingerprint density at radius 1 is 1.07 bits per heavy atom. The lowest BCUT2D eigenvalue weighted by Gasteiger charge is -2.06. The number of hydrogen-bond donors (Lipinski definition) is 1. The second-order valence-corrected chi connectivity index (χ2v) is 9.45. The third-order valence-corrected chi connectivity index (χ3v) is 6.83. The molecule has 0 atom stereocenters. The number of carbonyl (C=O) groups excluding carboxylic acids is 1. The molecule has 146 valence electrons. The van der Waals surface area contributed by atoms with Crippen molar-refractivity contribution in [3.05, 3.63) is 70.0 Å². The van der Waals surface area contributed by atoms with Gasteiger partial charge >= 0.3 is 0 Å². The number of hydrogen-bond acceptors (Lipinski definition) is 6. The largest absolute Gasteiger partial charge is 0.296 e. The predicted molar refractivity (Wildman–Crippen MR) is 106 cm³/mol. The number of rotatable bonds is 6. The summed E-state index contributed by atoms with van der Waals surface area (Å²) in [7, 11) is -3.44. The highest BCUT2D eigenvalue weighted by Gasteiger charge is 2.17. The maximum absolute atomic E-state index is 12.9. The first-order chi connectivity index (χ1) is 13.2. The van der Waals surface area contributed by atoms with Crippen molar-refractivity contribution in [1.82, 2.24) is 10.2 Å². The maximum Gasteiger partial charge on any atom is 0.257 e. The van der Waals surface area contributed by atoms with Crippen molar-refractivity contribution in [3.63, 3.8) is 0 Å². The molecule has 0 saturated carbocycles. The van der Waals surface area contributed by atoms with Gasteiger partial charge in [0, 0.05) is 12.0 Å². The van der Waals surface area contributed by atoms with Crippen LogP contribution in [0.3, 0.4) is 0 Å². The van der Waals surface area contributed by atoms with Crippen LogP contribution in [-0.4, -0.2) is 30.3 Å². The molecule has 0 spiro atoms. The highest BCUT2D eigenvalue weighted by atomic mass is 32.2. The molecule has 3 rings (SSSR count). The first kappa shape index (κ1) is 20.1. The van der Waals surface area contributed by atoms with Gasteiger partial charge in [0.05, 0.1) is 10.6 Å².